The molecule has 1 aliphatic rings. The number of fused-ring (bicyclic) bond motifs is 1. The molecule has 3 rings (SSSR count). The van der Waals surface area contributed by atoms with E-state index in [1.807, 2.05) is 22.7 Å². The molecule has 1 saturated heterocycles. The van der Waals surface area contributed by atoms with Crippen LogP contribution in [0.15, 0.2) is 28.7 Å². The Bertz CT molecular complexity index is 623. The summed E-state index contributed by atoms with van der Waals surface area (Å²) >= 11 is 1.89. The molecular weight excluding hydrogens is 260 g/mol. The minimum Gasteiger partial charge on any atom is -0.451 e. The summed E-state index contributed by atoms with van der Waals surface area (Å²) in [6.07, 6.45) is 0. The molecule has 2 N–H and O–H groups in total. The number of carbonyl (C=O) groups is 1. The highest BCUT2D eigenvalue weighted by molar-refractivity contribution is 7.99. The second-order valence-electron chi connectivity index (χ2n) is 4.83. The van der Waals surface area contributed by atoms with E-state index in [-0.39, 0.29) is 11.9 Å². The number of hydrogen-bond acceptors (Lipinski definition) is 4. The van der Waals surface area contributed by atoms with E-state index >= 15 is 0 Å². The fourth-order valence-electron chi connectivity index (χ4n) is 2.34. The summed E-state index contributed by atoms with van der Waals surface area (Å²) in [6.45, 7) is 2.86. The van der Waals surface area contributed by atoms with Crippen molar-refractivity contribution in [3.8, 4) is 0 Å². The van der Waals surface area contributed by atoms with Crippen LogP contribution >= 0.6 is 11.8 Å². The molecule has 1 amide bonds. The zero-order valence-corrected chi connectivity index (χ0v) is 11.6. The highest BCUT2D eigenvalue weighted by atomic mass is 32.2. The third kappa shape index (κ3) is 2.30. The summed E-state index contributed by atoms with van der Waals surface area (Å²) in [7, 11) is 0. The van der Waals surface area contributed by atoms with Crippen LogP contribution in [-0.4, -0.2) is 34.9 Å². The standard InChI is InChI=1S/C14H16N2O2S/c1-9-8-19-5-4-16(9)14(17)13-7-10-6-11(15)2-3-12(10)18-13/h2-3,6-7,9H,4-5,8,15H2,1H3. The van der Waals surface area contributed by atoms with E-state index in [0.29, 0.717) is 17.0 Å². The molecule has 19 heavy (non-hydrogen) atoms. The number of anilines is 1. The Balaban J connectivity index is 1.92. The SMILES string of the molecule is CC1CSCCN1C(=O)c1cc2cc(N)ccc2o1. The van der Waals surface area contributed by atoms with Crippen LogP contribution in [0.5, 0.6) is 0 Å². The van der Waals surface area contributed by atoms with Crippen LogP contribution in [0.3, 0.4) is 0 Å². The first-order chi connectivity index (χ1) is 9.15. The molecule has 1 aliphatic heterocycles. The molecule has 0 radical (unpaired) electrons. The lowest BCUT2D eigenvalue weighted by molar-refractivity contribution is 0.0686. The number of benzene rings is 1. The van der Waals surface area contributed by atoms with Crippen LogP contribution in [0.2, 0.25) is 0 Å². The van der Waals surface area contributed by atoms with Gasteiger partial charge in [0, 0.05) is 35.2 Å². The van der Waals surface area contributed by atoms with Crippen LogP contribution in [-0.2, 0) is 0 Å². The second kappa shape index (κ2) is 4.81. The maximum atomic E-state index is 12.5. The van der Waals surface area contributed by atoms with Crippen molar-refractivity contribution >= 4 is 34.3 Å². The number of amides is 1. The van der Waals surface area contributed by atoms with Crippen LogP contribution in [0.4, 0.5) is 5.69 Å². The van der Waals surface area contributed by atoms with Crippen LogP contribution < -0.4 is 5.73 Å². The van der Waals surface area contributed by atoms with Gasteiger partial charge in [-0.1, -0.05) is 0 Å². The normalized spacial score (nSPS) is 19.8. The zero-order chi connectivity index (χ0) is 13.4. The van der Waals surface area contributed by atoms with Crippen LogP contribution in [0.1, 0.15) is 17.5 Å². The zero-order valence-electron chi connectivity index (χ0n) is 10.8. The first-order valence-electron chi connectivity index (χ1n) is 6.33. The number of nitrogen functional groups attached to an aromatic ring is 1. The Labute approximate surface area is 115 Å². The van der Waals surface area contributed by atoms with Gasteiger partial charge in [0.1, 0.15) is 5.58 Å². The maximum absolute atomic E-state index is 12.5. The summed E-state index contributed by atoms with van der Waals surface area (Å²) in [4.78, 5) is 14.3. The van der Waals surface area contributed by atoms with Crippen molar-refractivity contribution in [3.05, 3.63) is 30.0 Å². The number of hydrogen-bond donors (Lipinski definition) is 1. The van der Waals surface area contributed by atoms with Crippen LogP contribution in [0, 0.1) is 0 Å². The first kappa shape index (κ1) is 12.4. The lowest BCUT2D eigenvalue weighted by atomic mass is 10.2. The van der Waals surface area contributed by atoms with Gasteiger partial charge in [0.05, 0.1) is 0 Å². The highest BCUT2D eigenvalue weighted by Gasteiger charge is 2.26. The second-order valence-corrected chi connectivity index (χ2v) is 5.98. The molecule has 0 bridgehead atoms. The molecule has 2 heterocycles. The van der Waals surface area contributed by atoms with E-state index in [2.05, 4.69) is 6.92 Å². The average Bonchev–Trinajstić information content (AvgIpc) is 2.81. The summed E-state index contributed by atoms with van der Waals surface area (Å²) in [5, 5.41) is 0.877. The molecule has 0 aliphatic carbocycles. The summed E-state index contributed by atoms with van der Waals surface area (Å²) in [5.74, 6) is 2.35. The molecule has 2 aromatic rings. The number of thioether (sulfide) groups is 1. The third-order valence-corrected chi connectivity index (χ3v) is 4.57. The van der Waals surface area contributed by atoms with Gasteiger partial charge in [0.25, 0.3) is 5.91 Å². The fraction of sp³-hybridized carbons (Fsp3) is 0.357. The van der Waals surface area contributed by atoms with Crippen molar-refractivity contribution in [2.24, 2.45) is 0 Å². The minimum atomic E-state index is -0.0254. The third-order valence-electron chi connectivity index (χ3n) is 3.38. The topological polar surface area (TPSA) is 59.5 Å². The van der Waals surface area contributed by atoms with E-state index in [9.17, 15) is 4.79 Å². The van der Waals surface area contributed by atoms with Gasteiger partial charge in [0.15, 0.2) is 5.76 Å². The Morgan fingerprint density at radius 2 is 2.32 bits per heavy atom. The Morgan fingerprint density at radius 3 is 3.11 bits per heavy atom. The van der Waals surface area contributed by atoms with E-state index in [1.165, 1.54) is 0 Å². The van der Waals surface area contributed by atoms with Gasteiger partial charge in [-0.05, 0) is 31.2 Å². The van der Waals surface area contributed by atoms with E-state index < -0.39 is 0 Å². The molecule has 1 unspecified atom stereocenters. The van der Waals surface area contributed by atoms with Crippen LogP contribution in [0.25, 0.3) is 11.0 Å². The highest BCUT2D eigenvalue weighted by Crippen LogP contribution is 2.25. The Morgan fingerprint density at radius 1 is 1.47 bits per heavy atom. The quantitative estimate of drug-likeness (QED) is 0.813. The summed E-state index contributed by atoms with van der Waals surface area (Å²) < 4.78 is 5.63. The monoisotopic (exact) mass is 276 g/mol. The number of rotatable bonds is 1. The van der Waals surface area contributed by atoms with Crippen molar-refractivity contribution in [1.82, 2.24) is 4.90 Å². The van der Waals surface area contributed by atoms with Gasteiger partial charge < -0.3 is 15.1 Å². The number of furan rings is 1. The molecule has 1 aromatic carbocycles. The number of carbonyl (C=O) groups excluding carboxylic acids is 1. The number of nitrogens with two attached hydrogens (primary N) is 1. The summed E-state index contributed by atoms with van der Waals surface area (Å²) in [5.41, 5.74) is 7.12. The lowest BCUT2D eigenvalue weighted by Gasteiger charge is -2.32. The molecule has 5 heteroatoms. The molecule has 4 nitrogen and oxygen atoms in total. The Kier molecular flexibility index (Phi) is 3.14. The molecule has 1 fully saturated rings. The van der Waals surface area contributed by atoms with E-state index in [1.54, 1.807) is 18.2 Å². The average molecular weight is 276 g/mol. The number of nitrogens with zero attached hydrogens (tertiary/aromatic N) is 1. The van der Waals surface area contributed by atoms with Gasteiger partial charge >= 0.3 is 0 Å². The molecule has 100 valence electrons. The van der Waals surface area contributed by atoms with Gasteiger partial charge in [-0.2, -0.15) is 11.8 Å². The van der Waals surface area contributed by atoms with Gasteiger partial charge in [-0.3, -0.25) is 4.79 Å². The molecule has 0 spiro atoms. The largest absolute Gasteiger partial charge is 0.451 e. The predicted molar refractivity (Wildman–Crippen MR) is 78.4 cm³/mol. The lowest BCUT2D eigenvalue weighted by Crippen LogP contribution is -2.44. The van der Waals surface area contributed by atoms with Crippen molar-refractivity contribution in [3.63, 3.8) is 0 Å². The summed E-state index contributed by atoms with van der Waals surface area (Å²) in [6, 6.07) is 7.44. The van der Waals surface area contributed by atoms with E-state index in [0.717, 1.165) is 23.4 Å². The minimum absolute atomic E-state index is 0.0254. The van der Waals surface area contributed by atoms with E-state index in [4.69, 9.17) is 10.2 Å². The van der Waals surface area contributed by atoms with Gasteiger partial charge in [-0.25, -0.2) is 0 Å². The maximum Gasteiger partial charge on any atom is 0.289 e. The van der Waals surface area contributed by atoms with Crippen molar-refractivity contribution in [2.45, 2.75) is 13.0 Å². The van der Waals surface area contributed by atoms with Gasteiger partial charge in [0.2, 0.25) is 0 Å². The first-order valence-corrected chi connectivity index (χ1v) is 7.48. The van der Waals surface area contributed by atoms with Gasteiger partial charge in [-0.15, -0.1) is 0 Å². The molecular formula is C14H16N2O2S. The predicted octanol–water partition coefficient (Wildman–Crippen LogP) is 2.59. The smallest absolute Gasteiger partial charge is 0.289 e. The molecule has 1 aromatic heterocycles. The van der Waals surface area contributed by atoms with Crippen molar-refractivity contribution in [2.75, 3.05) is 23.8 Å². The fourth-order valence-corrected chi connectivity index (χ4v) is 3.35. The van der Waals surface area contributed by atoms with Crippen molar-refractivity contribution in [1.29, 1.82) is 0 Å². The molecule has 0 saturated carbocycles. The Hall–Kier alpha value is -1.62. The molecule has 1 atom stereocenters. The van der Waals surface area contributed by atoms with Crippen molar-refractivity contribution < 1.29 is 9.21 Å².